The molecule has 1 aromatic carbocycles. The van der Waals surface area contributed by atoms with Gasteiger partial charge >= 0.3 is 17.6 Å². The standard InChI is InChI=1S/C15H12O6/c1-20-13(16)4-2-3-9-5-6-12-10(7-9)8-11(14(17)18)15(19)21-12/h2-3,5-8H,4H2,1H3,(H,17,18). The lowest BCUT2D eigenvalue weighted by Crippen LogP contribution is -2.12. The minimum absolute atomic E-state index is 0.138. The summed E-state index contributed by atoms with van der Waals surface area (Å²) < 4.78 is 9.44. The fourth-order valence-corrected chi connectivity index (χ4v) is 1.77. The number of esters is 1. The Balaban J connectivity index is 2.36. The van der Waals surface area contributed by atoms with Crippen LogP contribution in [0.3, 0.4) is 0 Å². The normalized spacial score (nSPS) is 10.9. The Morgan fingerprint density at radius 1 is 1.33 bits per heavy atom. The van der Waals surface area contributed by atoms with Gasteiger partial charge in [-0.3, -0.25) is 4.79 Å². The van der Waals surface area contributed by atoms with Crippen LogP contribution < -0.4 is 5.63 Å². The summed E-state index contributed by atoms with van der Waals surface area (Å²) in [6.45, 7) is 0. The first kappa shape index (κ1) is 14.5. The topological polar surface area (TPSA) is 93.8 Å². The summed E-state index contributed by atoms with van der Waals surface area (Å²) in [5, 5.41) is 9.39. The number of carboxylic acid groups (broad SMARTS) is 1. The first-order valence-corrected chi connectivity index (χ1v) is 6.06. The highest BCUT2D eigenvalue weighted by Gasteiger charge is 2.11. The Labute approximate surface area is 119 Å². The Bertz CT molecular complexity index is 784. The van der Waals surface area contributed by atoms with Gasteiger partial charge in [0.05, 0.1) is 13.5 Å². The maximum atomic E-state index is 11.4. The molecule has 0 unspecified atom stereocenters. The van der Waals surface area contributed by atoms with E-state index in [0.29, 0.717) is 11.0 Å². The molecular formula is C15H12O6. The molecule has 0 saturated heterocycles. The van der Waals surface area contributed by atoms with E-state index in [9.17, 15) is 14.4 Å². The summed E-state index contributed by atoms with van der Waals surface area (Å²) in [5.74, 6) is -1.69. The predicted molar refractivity (Wildman–Crippen MR) is 75.1 cm³/mol. The molecule has 6 heteroatoms. The summed E-state index contributed by atoms with van der Waals surface area (Å²) in [5.41, 5.74) is -0.256. The first-order valence-electron chi connectivity index (χ1n) is 6.06. The highest BCUT2D eigenvalue weighted by molar-refractivity contribution is 5.92. The van der Waals surface area contributed by atoms with E-state index in [4.69, 9.17) is 9.52 Å². The van der Waals surface area contributed by atoms with Crippen molar-refractivity contribution in [3.05, 3.63) is 51.9 Å². The molecule has 0 saturated carbocycles. The van der Waals surface area contributed by atoms with Crippen LogP contribution in [0.4, 0.5) is 0 Å². The zero-order chi connectivity index (χ0) is 15.4. The van der Waals surface area contributed by atoms with E-state index in [-0.39, 0.29) is 12.4 Å². The van der Waals surface area contributed by atoms with Gasteiger partial charge in [-0.05, 0) is 23.8 Å². The van der Waals surface area contributed by atoms with Gasteiger partial charge in [0.2, 0.25) is 0 Å². The highest BCUT2D eigenvalue weighted by atomic mass is 16.5. The number of fused-ring (bicyclic) bond motifs is 1. The Morgan fingerprint density at radius 2 is 2.10 bits per heavy atom. The zero-order valence-electron chi connectivity index (χ0n) is 11.2. The van der Waals surface area contributed by atoms with Crippen LogP contribution in [0.1, 0.15) is 22.3 Å². The van der Waals surface area contributed by atoms with E-state index in [2.05, 4.69) is 4.74 Å². The van der Waals surface area contributed by atoms with Gasteiger partial charge in [-0.15, -0.1) is 0 Å². The summed E-state index contributed by atoms with van der Waals surface area (Å²) in [4.78, 5) is 33.3. The van der Waals surface area contributed by atoms with Gasteiger partial charge in [0, 0.05) is 5.39 Å². The molecule has 0 radical (unpaired) electrons. The second-order valence-electron chi connectivity index (χ2n) is 4.23. The van der Waals surface area contributed by atoms with E-state index < -0.39 is 17.2 Å². The fraction of sp³-hybridized carbons (Fsp3) is 0.133. The summed E-state index contributed by atoms with van der Waals surface area (Å²) >= 11 is 0. The molecule has 0 spiro atoms. The predicted octanol–water partition coefficient (Wildman–Crippen LogP) is 2.07. The van der Waals surface area contributed by atoms with Crippen LogP contribution in [0.5, 0.6) is 0 Å². The lowest BCUT2D eigenvalue weighted by Gasteiger charge is -2.00. The molecule has 1 heterocycles. The molecule has 0 amide bonds. The molecule has 0 fully saturated rings. The number of hydrogen-bond donors (Lipinski definition) is 1. The number of aromatic carboxylic acids is 1. The third-order valence-corrected chi connectivity index (χ3v) is 2.81. The molecule has 2 rings (SSSR count). The van der Waals surface area contributed by atoms with Crippen molar-refractivity contribution in [1.82, 2.24) is 0 Å². The van der Waals surface area contributed by atoms with Gasteiger partial charge < -0.3 is 14.3 Å². The monoisotopic (exact) mass is 288 g/mol. The Kier molecular flexibility index (Phi) is 4.18. The van der Waals surface area contributed by atoms with Crippen molar-refractivity contribution >= 4 is 29.0 Å². The van der Waals surface area contributed by atoms with E-state index in [0.717, 1.165) is 5.56 Å². The summed E-state index contributed by atoms with van der Waals surface area (Å²) in [7, 11) is 1.31. The molecular weight excluding hydrogens is 276 g/mol. The van der Waals surface area contributed by atoms with Gasteiger partial charge in [-0.2, -0.15) is 0 Å². The van der Waals surface area contributed by atoms with Crippen LogP contribution in [0.2, 0.25) is 0 Å². The average Bonchev–Trinajstić information content (AvgIpc) is 2.46. The van der Waals surface area contributed by atoms with Gasteiger partial charge in [-0.1, -0.05) is 18.2 Å². The number of benzene rings is 1. The Morgan fingerprint density at radius 3 is 2.76 bits per heavy atom. The van der Waals surface area contributed by atoms with Crippen molar-refractivity contribution in [2.75, 3.05) is 7.11 Å². The second-order valence-corrected chi connectivity index (χ2v) is 4.23. The molecule has 0 bridgehead atoms. The molecule has 2 aromatic rings. The second kappa shape index (κ2) is 6.04. The van der Waals surface area contributed by atoms with Gasteiger partial charge in [0.15, 0.2) is 0 Å². The molecule has 0 aliphatic rings. The number of carbonyl (C=O) groups is 2. The van der Waals surface area contributed by atoms with Gasteiger partial charge in [0.1, 0.15) is 11.1 Å². The molecule has 6 nitrogen and oxygen atoms in total. The van der Waals surface area contributed by atoms with Gasteiger partial charge in [-0.25, -0.2) is 9.59 Å². The highest BCUT2D eigenvalue weighted by Crippen LogP contribution is 2.17. The lowest BCUT2D eigenvalue weighted by molar-refractivity contribution is -0.139. The molecule has 0 aliphatic carbocycles. The van der Waals surface area contributed by atoms with Crippen LogP contribution in [-0.2, 0) is 9.53 Å². The number of methoxy groups -OCH3 is 1. The van der Waals surface area contributed by atoms with Crippen molar-refractivity contribution in [3.8, 4) is 0 Å². The minimum atomic E-state index is -1.34. The van der Waals surface area contributed by atoms with Crippen molar-refractivity contribution in [2.24, 2.45) is 0 Å². The zero-order valence-corrected chi connectivity index (χ0v) is 11.2. The van der Waals surface area contributed by atoms with E-state index in [1.807, 2.05) is 0 Å². The van der Waals surface area contributed by atoms with E-state index in [1.54, 1.807) is 30.4 Å². The molecule has 1 N–H and O–H groups in total. The van der Waals surface area contributed by atoms with Crippen molar-refractivity contribution in [3.63, 3.8) is 0 Å². The molecule has 0 atom stereocenters. The number of carbonyl (C=O) groups excluding carboxylic acids is 1. The van der Waals surface area contributed by atoms with E-state index >= 15 is 0 Å². The van der Waals surface area contributed by atoms with Crippen molar-refractivity contribution in [2.45, 2.75) is 6.42 Å². The van der Waals surface area contributed by atoms with Crippen LogP contribution in [0.25, 0.3) is 17.0 Å². The summed E-state index contributed by atoms with van der Waals surface area (Å²) in [6.07, 6.45) is 3.46. The SMILES string of the molecule is COC(=O)CC=Cc1ccc2oc(=O)c(C(=O)O)cc2c1. The number of carboxylic acids is 1. The first-order chi connectivity index (χ1) is 10.0. The van der Waals surface area contributed by atoms with Crippen molar-refractivity contribution < 1.29 is 23.8 Å². The molecule has 21 heavy (non-hydrogen) atoms. The van der Waals surface area contributed by atoms with Crippen molar-refractivity contribution in [1.29, 1.82) is 0 Å². The third kappa shape index (κ3) is 3.36. The average molecular weight is 288 g/mol. The third-order valence-electron chi connectivity index (χ3n) is 2.81. The Hall–Kier alpha value is -2.89. The summed E-state index contributed by atoms with van der Waals surface area (Å²) in [6, 6.07) is 6.19. The maximum Gasteiger partial charge on any atom is 0.351 e. The van der Waals surface area contributed by atoms with Crippen LogP contribution in [0, 0.1) is 0 Å². The minimum Gasteiger partial charge on any atom is -0.477 e. The van der Waals surface area contributed by atoms with Crippen LogP contribution in [-0.4, -0.2) is 24.2 Å². The maximum absolute atomic E-state index is 11.4. The number of hydrogen-bond acceptors (Lipinski definition) is 5. The van der Waals surface area contributed by atoms with Gasteiger partial charge in [0.25, 0.3) is 0 Å². The quantitative estimate of drug-likeness (QED) is 0.683. The molecule has 1 aromatic heterocycles. The molecule has 108 valence electrons. The van der Waals surface area contributed by atoms with E-state index in [1.165, 1.54) is 13.2 Å². The van der Waals surface area contributed by atoms with Crippen LogP contribution in [0.15, 0.2) is 39.6 Å². The lowest BCUT2D eigenvalue weighted by atomic mass is 10.1. The largest absolute Gasteiger partial charge is 0.477 e. The fourth-order valence-electron chi connectivity index (χ4n) is 1.77. The number of ether oxygens (including phenoxy) is 1. The van der Waals surface area contributed by atoms with Crippen LogP contribution >= 0.6 is 0 Å². The number of rotatable bonds is 4. The molecule has 0 aliphatic heterocycles. The smallest absolute Gasteiger partial charge is 0.351 e.